The normalized spacial score (nSPS) is 11.5. The lowest BCUT2D eigenvalue weighted by Crippen LogP contribution is -2.19. The van der Waals surface area contributed by atoms with E-state index in [0.29, 0.717) is 5.82 Å². The van der Waals surface area contributed by atoms with Gasteiger partial charge in [0.25, 0.3) is 0 Å². The summed E-state index contributed by atoms with van der Waals surface area (Å²) in [4.78, 5) is 3.96. The molecule has 0 aliphatic heterocycles. The molecule has 1 aromatic rings. The number of rotatable bonds is 1. The summed E-state index contributed by atoms with van der Waals surface area (Å²) in [6.07, 6.45) is 1.55. The van der Waals surface area contributed by atoms with Crippen LogP contribution in [0.15, 0.2) is 23.7 Å². The number of aromatic nitrogens is 2. The van der Waals surface area contributed by atoms with Crippen molar-refractivity contribution in [1.82, 2.24) is 9.78 Å². The maximum absolute atomic E-state index is 5.44. The van der Waals surface area contributed by atoms with E-state index >= 15 is 0 Å². The van der Waals surface area contributed by atoms with Crippen LogP contribution in [0.5, 0.6) is 0 Å². The quantitative estimate of drug-likeness (QED) is 0.617. The van der Waals surface area contributed by atoms with Crippen LogP contribution in [-0.4, -0.2) is 16.8 Å². The Hall–Kier alpha value is -1.58. The summed E-state index contributed by atoms with van der Waals surface area (Å²) in [5.41, 5.74) is 6.17. The molecule has 0 radical (unpaired) electrons. The second-order valence-electron chi connectivity index (χ2n) is 1.97. The van der Waals surface area contributed by atoms with Gasteiger partial charge in [-0.3, -0.25) is 4.99 Å². The van der Waals surface area contributed by atoms with Crippen LogP contribution in [-0.2, 0) is 0 Å². The van der Waals surface area contributed by atoms with Gasteiger partial charge < -0.3 is 5.73 Å². The van der Waals surface area contributed by atoms with Crippen LogP contribution in [0.2, 0.25) is 0 Å². The standard InChI is InChI=1S/C7H10N4/c1-3-11-7(9-2)5-4-6(8)10-11/h3-5H,1H2,2H3,(H2,8,10). The lowest BCUT2D eigenvalue weighted by Gasteiger charge is -1.98. The molecule has 0 saturated carbocycles. The molecule has 1 heterocycles. The maximum atomic E-state index is 5.44. The van der Waals surface area contributed by atoms with Crippen molar-refractivity contribution in [2.24, 2.45) is 4.99 Å². The Morgan fingerprint density at radius 3 is 3.00 bits per heavy atom. The van der Waals surface area contributed by atoms with E-state index in [1.807, 2.05) is 0 Å². The SMILES string of the molecule is C=Cn1nc(N)ccc1=NC. The van der Waals surface area contributed by atoms with E-state index in [1.54, 1.807) is 25.4 Å². The Morgan fingerprint density at radius 1 is 1.73 bits per heavy atom. The first-order valence-electron chi connectivity index (χ1n) is 3.18. The van der Waals surface area contributed by atoms with E-state index < -0.39 is 0 Å². The summed E-state index contributed by atoms with van der Waals surface area (Å²) in [5, 5.41) is 3.95. The predicted octanol–water partition coefficient (Wildman–Crippen LogP) is 0.0963. The Morgan fingerprint density at radius 2 is 2.45 bits per heavy atom. The minimum absolute atomic E-state index is 0.456. The molecule has 0 atom stereocenters. The summed E-state index contributed by atoms with van der Waals surface area (Å²) in [5.74, 6) is 0.456. The van der Waals surface area contributed by atoms with Crippen LogP contribution in [0.1, 0.15) is 0 Å². The molecule has 0 spiro atoms. The average molecular weight is 150 g/mol. The van der Waals surface area contributed by atoms with Gasteiger partial charge in [-0.05, 0) is 12.1 Å². The van der Waals surface area contributed by atoms with Crippen molar-refractivity contribution in [3.05, 3.63) is 24.2 Å². The van der Waals surface area contributed by atoms with Gasteiger partial charge in [0.1, 0.15) is 11.3 Å². The highest BCUT2D eigenvalue weighted by Crippen LogP contribution is 1.88. The Kier molecular flexibility index (Phi) is 2.06. The average Bonchev–Trinajstić information content (AvgIpc) is 2.04. The van der Waals surface area contributed by atoms with Crippen LogP contribution >= 0.6 is 0 Å². The summed E-state index contributed by atoms with van der Waals surface area (Å²) in [6, 6.07) is 3.48. The van der Waals surface area contributed by atoms with Crippen molar-refractivity contribution in [3.8, 4) is 0 Å². The lowest BCUT2D eigenvalue weighted by atomic mass is 10.5. The van der Waals surface area contributed by atoms with E-state index in [9.17, 15) is 0 Å². The van der Waals surface area contributed by atoms with Gasteiger partial charge in [-0.15, -0.1) is 5.10 Å². The van der Waals surface area contributed by atoms with Crippen LogP contribution in [0.4, 0.5) is 5.82 Å². The minimum Gasteiger partial charge on any atom is -0.382 e. The molecule has 0 aliphatic rings. The zero-order valence-electron chi connectivity index (χ0n) is 6.36. The third-order valence-corrected chi connectivity index (χ3v) is 1.26. The molecular formula is C7H10N4. The molecule has 1 aromatic heterocycles. The molecule has 58 valence electrons. The van der Waals surface area contributed by atoms with E-state index in [4.69, 9.17) is 5.73 Å². The van der Waals surface area contributed by atoms with E-state index in [1.165, 1.54) is 4.68 Å². The third kappa shape index (κ3) is 1.46. The molecule has 0 aliphatic carbocycles. The van der Waals surface area contributed by atoms with Gasteiger partial charge in [0.05, 0.1) is 0 Å². The Labute approximate surface area is 64.7 Å². The lowest BCUT2D eigenvalue weighted by molar-refractivity contribution is 0.832. The first-order chi connectivity index (χ1) is 5.27. The molecule has 0 amide bonds. The fourth-order valence-electron chi connectivity index (χ4n) is 0.757. The number of hydrogen-bond donors (Lipinski definition) is 1. The molecular weight excluding hydrogens is 140 g/mol. The fraction of sp³-hybridized carbons (Fsp3) is 0.143. The van der Waals surface area contributed by atoms with E-state index in [0.717, 1.165) is 5.49 Å². The third-order valence-electron chi connectivity index (χ3n) is 1.26. The van der Waals surface area contributed by atoms with Gasteiger partial charge in [0, 0.05) is 13.2 Å². The van der Waals surface area contributed by atoms with Gasteiger partial charge in [0.2, 0.25) is 0 Å². The number of nitrogen functional groups attached to an aromatic ring is 1. The van der Waals surface area contributed by atoms with Crippen molar-refractivity contribution in [3.63, 3.8) is 0 Å². The summed E-state index contributed by atoms with van der Waals surface area (Å²) in [6.45, 7) is 3.57. The van der Waals surface area contributed by atoms with Crippen molar-refractivity contribution in [2.45, 2.75) is 0 Å². The first-order valence-corrected chi connectivity index (χ1v) is 3.18. The van der Waals surface area contributed by atoms with Crippen LogP contribution in [0.3, 0.4) is 0 Å². The monoisotopic (exact) mass is 150 g/mol. The molecule has 4 heteroatoms. The summed E-state index contributed by atoms with van der Waals surface area (Å²) < 4.78 is 1.52. The van der Waals surface area contributed by atoms with E-state index in [2.05, 4.69) is 16.7 Å². The number of anilines is 1. The van der Waals surface area contributed by atoms with Gasteiger partial charge in [-0.25, -0.2) is 4.68 Å². The predicted molar refractivity (Wildman–Crippen MR) is 44.5 cm³/mol. The molecule has 0 fully saturated rings. The highest BCUT2D eigenvalue weighted by Gasteiger charge is 1.88. The highest BCUT2D eigenvalue weighted by molar-refractivity contribution is 5.26. The van der Waals surface area contributed by atoms with Crippen molar-refractivity contribution < 1.29 is 0 Å². The van der Waals surface area contributed by atoms with Gasteiger partial charge in [-0.1, -0.05) is 6.58 Å². The molecule has 4 nitrogen and oxygen atoms in total. The van der Waals surface area contributed by atoms with Crippen LogP contribution in [0.25, 0.3) is 6.20 Å². The van der Waals surface area contributed by atoms with Gasteiger partial charge in [-0.2, -0.15) is 0 Å². The van der Waals surface area contributed by atoms with Crippen molar-refractivity contribution >= 4 is 12.0 Å². The van der Waals surface area contributed by atoms with Gasteiger partial charge >= 0.3 is 0 Å². The fourth-order valence-corrected chi connectivity index (χ4v) is 0.757. The Bertz CT molecular complexity index is 323. The molecule has 0 aromatic carbocycles. The Balaban J connectivity index is 3.40. The first kappa shape index (κ1) is 7.53. The number of hydrogen-bond acceptors (Lipinski definition) is 3. The summed E-state index contributed by atoms with van der Waals surface area (Å²) >= 11 is 0. The van der Waals surface area contributed by atoms with Crippen LogP contribution < -0.4 is 11.2 Å². The maximum Gasteiger partial charge on any atom is 0.148 e. The highest BCUT2D eigenvalue weighted by atomic mass is 15.3. The molecule has 0 saturated heterocycles. The second-order valence-corrected chi connectivity index (χ2v) is 1.97. The smallest absolute Gasteiger partial charge is 0.148 e. The van der Waals surface area contributed by atoms with E-state index in [-0.39, 0.29) is 0 Å². The minimum atomic E-state index is 0.456. The molecule has 1 rings (SSSR count). The molecule has 0 bridgehead atoms. The molecule has 2 N–H and O–H groups in total. The van der Waals surface area contributed by atoms with Crippen LogP contribution in [0, 0.1) is 0 Å². The molecule has 11 heavy (non-hydrogen) atoms. The number of nitrogens with two attached hydrogens (primary N) is 1. The zero-order valence-corrected chi connectivity index (χ0v) is 6.36. The van der Waals surface area contributed by atoms with Crippen molar-refractivity contribution in [2.75, 3.05) is 12.8 Å². The second kappa shape index (κ2) is 3.01. The topological polar surface area (TPSA) is 56.2 Å². The number of nitrogens with zero attached hydrogens (tertiary/aromatic N) is 3. The largest absolute Gasteiger partial charge is 0.382 e. The van der Waals surface area contributed by atoms with Gasteiger partial charge in [0.15, 0.2) is 0 Å². The molecule has 0 unspecified atom stereocenters. The summed E-state index contributed by atoms with van der Waals surface area (Å²) in [7, 11) is 1.69. The zero-order chi connectivity index (χ0) is 8.27. The van der Waals surface area contributed by atoms with Crippen molar-refractivity contribution in [1.29, 1.82) is 0 Å².